The third-order valence-corrected chi connectivity index (χ3v) is 3.80. The van der Waals surface area contributed by atoms with E-state index in [0.29, 0.717) is 0 Å². The van der Waals surface area contributed by atoms with Crippen LogP contribution in [0.1, 0.15) is 11.0 Å². The van der Waals surface area contributed by atoms with Gasteiger partial charge < -0.3 is 15.7 Å². The molecule has 4 nitrogen and oxygen atoms in total. The molecule has 0 spiro atoms. The van der Waals surface area contributed by atoms with Crippen molar-refractivity contribution in [1.82, 2.24) is 10.6 Å². The largest absolute Gasteiger partial charge is 0.386 e. The summed E-state index contributed by atoms with van der Waals surface area (Å²) in [6.45, 7) is 0.327. The molecule has 0 radical (unpaired) electrons. The van der Waals surface area contributed by atoms with Gasteiger partial charge in [0.05, 0.1) is 13.1 Å². The van der Waals surface area contributed by atoms with E-state index in [-0.39, 0.29) is 19.1 Å². The second-order valence-electron chi connectivity index (χ2n) is 3.97. The van der Waals surface area contributed by atoms with Gasteiger partial charge in [-0.05, 0) is 17.5 Å². The van der Waals surface area contributed by atoms with E-state index in [2.05, 4.69) is 16.6 Å². The summed E-state index contributed by atoms with van der Waals surface area (Å²) in [6.07, 6.45) is 4.31. The number of aliphatic hydroxyl groups is 1. The van der Waals surface area contributed by atoms with Crippen LogP contribution in [-0.4, -0.2) is 24.2 Å². The molecule has 98 valence electrons. The van der Waals surface area contributed by atoms with Crippen LogP contribution >= 0.6 is 11.3 Å². The quantitative estimate of drug-likeness (QED) is 0.745. The fourth-order valence-electron chi connectivity index (χ4n) is 1.65. The van der Waals surface area contributed by atoms with Crippen LogP contribution in [0.25, 0.3) is 10.1 Å². The second kappa shape index (κ2) is 6.23. The Balaban J connectivity index is 1.94. The Hall–Kier alpha value is -2.03. The van der Waals surface area contributed by atoms with Crippen LogP contribution in [0.5, 0.6) is 0 Å². The van der Waals surface area contributed by atoms with Crippen molar-refractivity contribution in [1.29, 1.82) is 0 Å². The van der Waals surface area contributed by atoms with E-state index in [1.54, 1.807) is 0 Å². The summed E-state index contributed by atoms with van der Waals surface area (Å²) in [5.74, 6) is 2.30. The molecule has 1 aromatic heterocycles. The third kappa shape index (κ3) is 3.47. The molecule has 0 aliphatic carbocycles. The Labute approximate surface area is 115 Å². The number of aliphatic hydroxyl groups excluding tert-OH is 1. The van der Waals surface area contributed by atoms with E-state index in [9.17, 15) is 9.90 Å². The number of carbonyl (C=O) groups is 1. The predicted octanol–water partition coefficient (Wildman–Crippen LogP) is 1.87. The van der Waals surface area contributed by atoms with Crippen LogP contribution in [0, 0.1) is 12.3 Å². The van der Waals surface area contributed by atoms with Crippen LogP contribution in [0.15, 0.2) is 30.3 Å². The first-order chi connectivity index (χ1) is 9.20. The Morgan fingerprint density at radius 3 is 2.95 bits per heavy atom. The average Bonchev–Trinajstić information content (AvgIpc) is 2.86. The van der Waals surface area contributed by atoms with E-state index in [1.807, 2.05) is 30.3 Å². The maximum absolute atomic E-state index is 11.3. The Morgan fingerprint density at radius 1 is 1.42 bits per heavy atom. The number of benzene rings is 1. The lowest BCUT2D eigenvalue weighted by atomic mass is 10.2. The van der Waals surface area contributed by atoms with Crippen molar-refractivity contribution < 1.29 is 9.90 Å². The summed E-state index contributed by atoms with van der Waals surface area (Å²) in [5.41, 5.74) is 0. The molecule has 2 amide bonds. The Bertz CT molecular complexity index is 582. The van der Waals surface area contributed by atoms with Crippen molar-refractivity contribution in [3.63, 3.8) is 0 Å². The van der Waals surface area contributed by atoms with Crippen LogP contribution in [-0.2, 0) is 0 Å². The van der Waals surface area contributed by atoms with Crippen LogP contribution in [0.3, 0.4) is 0 Å². The second-order valence-corrected chi connectivity index (χ2v) is 5.09. The van der Waals surface area contributed by atoms with Gasteiger partial charge in [0, 0.05) is 9.58 Å². The van der Waals surface area contributed by atoms with Gasteiger partial charge in [0.15, 0.2) is 0 Å². The van der Waals surface area contributed by atoms with Gasteiger partial charge in [0.1, 0.15) is 6.10 Å². The minimum Gasteiger partial charge on any atom is -0.386 e. The number of fused-ring (bicyclic) bond motifs is 1. The van der Waals surface area contributed by atoms with Gasteiger partial charge in [0.2, 0.25) is 0 Å². The molecular weight excluding hydrogens is 260 g/mol. The number of nitrogens with one attached hydrogen (secondary N) is 2. The minimum absolute atomic E-state index is 0.156. The number of hydrogen-bond donors (Lipinski definition) is 3. The standard InChI is InChI=1S/C14H14N2O2S/c1-2-7-15-14(18)16-9-11(17)13-8-10-5-3-4-6-12(10)19-13/h1,3-6,8,11,17H,7,9H2,(H2,15,16,18). The van der Waals surface area contributed by atoms with Crippen LogP contribution in [0.4, 0.5) is 4.79 Å². The highest BCUT2D eigenvalue weighted by molar-refractivity contribution is 7.19. The van der Waals surface area contributed by atoms with Gasteiger partial charge in [-0.3, -0.25) is 0 Å². The minimum atomic E-state index is -0.714. The summed E-state index contributed by atoms with van der Waals surface area (Å²) in [5, 5.41) is 16.2. The molecule has 1 heterocycles. The van der Waals surface area contributed by atoms with Crippen molar-refractivity contribution >= 4 is 27.5 Å². The fraction of sp³-hybridized carbons (Fsp3) is 0.214. The van der Waals surface area contributed by atoms with Gasteiger partial charge in [-0.25, -0.2) is 4.79 Å². The summed E-state index contributed by atoms with van der Waals surface area (Å²) in [4.78, 5) is 12.1. The monoisotopic (exact) mass is 274 g/mol. The van der Waals surface area contributed by atoms with Crippen molar-refractivity contribution in [2.75, 3.05) is 13.1 Å². The number of rotatable bonds is 4. The number of terminal acetylenes is 1. The lowest BCUT2D eigenvalue weighted by Crippen LogP contribution is -2.37. The highest BCUT2D eigenvalue weighted by Gasteiger charge is 2.12. The maximum Gasteiger partial charge on any atom is 0.315 e. The molecule has 3 N–H and O–H groups in total. The topological polar surface area (TPSA) is 61.4 Å². The number of carbonyl (C=O) groups excluding carboxylic acids is 1. The first-order valence-corrected chi connectivity index (χ1v) is 6.64. The Morgan fingerprint density at radius 2 is 2.21 bits per heavy atom. The smallest absolute Gasteiger partial charge is 0.315 e. The molecule has 0 saturated heterocycles. The van der Waals surface area contributed by atoms with E-state index >= 15 is 0 Å². The molecule has 0 aliphatic heterocycles. The Kier molecular flexibility index (Phi) is 4.39. The summed E-state index contributed by atoms with van der Waals surface area (Å²) in [6, 6.07) is 9.47. The van der Waals surface area contributed by atoms with Crippen molar-refractivity contribution in [2.24, 2.45) is 0 Å². The van der Waals surface area contributed by atoms with E-state index < -0.39 is 6.10 Å². The molecule has 1 atom stereocenters. The zero-order chi connectivity index (χ0) is 13.7. The van der Waals surface area contributed by atoms with E-state index in [1.165, 1.54) is 11.3 Å². The SMILES string of the molecule is C#CCNC(=O)NCC(O)c1cc2ccccc2s1. The third-order valence-electron chi connectivity index (χ3n) is 2.58. The lowest BCUT2D eigenvalue weighted by molar-refractivity contribution is 0.176. The number of thiophene rings is 1. The average molecular weight is 274 g/mol. The van der Waals surface area contributed by atoms with Gasteiger partial charge in [-0.1, -0.05) is 24.1 Å². The summed E-state index contributed by atoms with van der Waals surface area (Å²) in [7, 11) is 0. The highest BCUT2D eigenvalue weighted by atomic mass is 32.1. The molecule has 2 aromatic rings. The zero-order valence-electron chi connectivity index (χ0n) is 10.2. The molecule has 0 bridgehead atoms. The zero-order valence-corrected chi connectivity index (χ0v) is 11.0. The molecule has 0 fully saturated rings. The van der Waals surface area contributed by atoms with E-state index in [4.69, 9.17) is 6.42 Å². The molecular formula is C14H14N2O2S. The van der Waals surface area contributed by atoms with Crippen LogP contribution in [0.2, 0.25) is 0 Å². The van der Waals surface area contributed by atoms with Crippen molar-refractivity contribution in [3.05, 3.63) is 35.2 Å². The number of urea groups is 1. The molecule has 1 unspecified atom stereocenters. The lowest BCUT2D eigenvalue weighted by Gasteiger charge is -2.10. The highest BCUT2D eigenvalue weighted by Crippen LogP contribution is 2.29. The molecule has 19 heavy (non-hydrogen) atoms. The van der Waals surface area contributed by atoms with Crippen molar-refractivity contribution in [2.45, 2.75) is 6.10 Å². The predicted molar refractivity (Wildman–Crippen MR) is 77.0 cm³/mol. The van der Waals surface area contributed by atoms with Gasteiger partial charge >= 0.3 is 6.03 Å². The van der Waals surface area contributed by atoms with Gasteiger partial charge in [-0.15, -0.1) is 17.8 Å². The fourth-order valence-corrected chi connectivity index (χ4v) is 2.70. The van der Waals surface area contributed by atoms with Gasteiger partial charge in [-0.2, -0.15) is 0 Å². The first kappa shape index (κ1) is 13.4. The molecule has 0 saturated carbocycles. The molecule has 0 aliphatic rings. The maximum atomic E-state index is 11.3. The van der Waals surface area contributed by atoms with E-state index in [0.717, 1.165) is 15.0 Å². The number of hydrogen-bond acceptors (Lipinski definition) is 3. The van der Waals surface area contributed by atoms with Crippen LogP contribution < -0.4 is 10.6 Å². The summed E-state index contributed by atoms with van der Waals surface area (Å²) < 4.78 is 1.12. The molecule has 5 heteroatoms. The molecule has 2 rings (SSSR count). The first-order valence-electron chi connectivity index (χ1n) is 5.82. The number of amides is 2. The van der Waals surface area contributed by atoms with Gasteiger partial charge in [0.25, 0.3) is 0 Å². The molecule has 1 aromatic carbocycles. The van der Waals surface area contributed by atoms with Crippen molar-refractivity contribution in [3.8, 4) is 12.3 Å². The summed E-state index contributed by atoms with van der Waals surface area (Å²) >= 11 is 1.52. The normalized spacial score (nSPS) is 11.8.